The van der Waals surface area contributed by atoms with Gasteiger partial charge in [0.2, 0.25) is 0 Å². The number of hydrogen-bond acceptors (Lipinski definition) is 2. The molecule has 2 heteroatoms. The van der Waals surface area contributed by atoms with Crippen molar-refractivity contribution in [3.05, 3.63) is 65.5 Å². The van der Waals surface area contributed by atoms with Crippen molar-refractivity contribution < 1.29 is 0 Å². The number of benzene rings is 1. The maximum Gasteiger partial charge on any atom is 0.0419 e. The molecule has 1 heterocycles. The van der Waals surface area contributed by atoms with E-state index in [1.54, 1.807) is 0 Å². The van der Waals surface area contributed by atoms with Gasteiger partial charge in [-0.25, -0.2) is 0 Å². The van der Waals surface area contributed by atoms with E-state index in [1.165, 1.54) is 29.7 Å². The average molecular weight is 266 g/mol. The minimum atomic E-state index is 0.516. The average Bonchev–Trinajstić information content (AvgIpc) is 2.92. The van der Waals surface area contributed by atoms with Crippen LogP contribution >= 0.6 is 0 Å². The lowest BCUT2D eigenvalue weighted by atomic mass is 9.92. The summed E-state index contributed by atoms with van der Waals surface area (Å²) in [5.74, 6) is 0.689. The molecule has 0 amide bonds. The summed E-state index contributed by atoms with van der Waals surface area (Å²) in [6.45, 7) is 3.21. The molecular weight excluding hydrogens is 244 g/mol. The number of nitrogens with one attached hydrogen (secondary N) is 1. The molecule has 104 valence electrons. The first kappa shape index (κ1) is 13.3. The third-order valence-corrected chi connectivity index (χ3v) is 4.27. The minimum absolute atomic E-state index is 0.516. The van der Waals surface area contributed by atoms with Gasteiger partial charge in [0, 0.05) is 24.4 Å². The Labute approximate surface area is 121 Å². The highest BCUT2D eigenvalue weighted by molar-refractivity contribution is 5.32. The third-order valence-electron chi connectivity index (χ3n) is 4.27. The maximum atomic E-state index is 4.48. The Morgan fingerprint density at radius 2 is 1.80 bits per heavy atom. The van der Waals surface area contributed by atoms with E-state index in [-0.39, 0.29) is 0 Å². The maximum absolute atomic E-state index is 4.48. The van der Waals surface area contributed by atoms with Gasteiger partial charge >= 0.3 is 0 Å². The van der Waals surface area contributed by atoms with Crippen LogP contribution in [-0.2, 0) is 19.3 Å². The summed E-state index contributed by atoms with van der Waals surface area (Å²) in [6.07, 6.45) is 5.30. The van der Waals surface area contributed by atoms with Crippen molar-refractivity contribution in [3.8, 4) is 0 Å². The summed E-state index contributed by atoms with van der Waals surface area (Å²) in [6, 6.07) is 15.6. The lowest BCUT2D eigenvalue weighted by Crippen LogP contribution is -2.38. The van der Waals surface area contributed by atoms with Crippen LogP contribution < -0.4 is 5.32 Å². The smallest absolute Gasteiger partial charge is 0.0419 e. The van der Waals surface area contributed by atoms with Crippen molar-refractivity contribution in [2.75, 3.05) is 6.54 Å². The van der Waals surface area contributed by atoms with Crippen LogP contribution in [0.1, 0.15) is 23.7 Å². The number of rotatable bonds is 5. The zero-order valence-electron chi connectivity index (χ0n) is 12.0. The highest BCUT2D eigenvalue weighted by Crippen LogP contribution is 2.29. The molecule has 1 N–H and O–H groups in total. The Morgan fingerprint density at radius 1 is 1.10 bits per heavy atom. The molecule has 1 aromatic carbocycles. The van der Waals surface area contributed by atoms with Crippen molar-refractivity contribution in [2.24, 2.45) is 5.92 Å². The Morgan fingerprint density at radius 3 is 2.40 bits per heavy atom. The predicted molar refractivity (Wildman–Crippen MR) is 82.7 cm³/mol. The molecule has 20 heavy (non-hydrogen) atoms. The van der Waals surface area contributed by atoms with Gasteiger partial charge in [0.05, 0.1) is 0 Å². The second-order valence-corrected chi connectivity index (χ2v) is 5.63. The van der Waals surface area contributed by atoms with E-state index in [2.05, 4.69) is 53.6 Å². The van der Waals surface area contributed by atoms with Crippen molar-refractivity contribution in [2.45, 2.75) is 32.2 Å². The van der Waals surface area contributed by atoms with Gasteiger partial charge in [0.25, 0.3) is 0 Å². The molecule has 1 aromatic heterocycles. The molecule has 3 rings (SSSR count). The zero-order valence-corrected chi connectivity index (χ0v) is 12.0. The van der Waals surface area contributed by atoms with Gasteiger partial charge in [-0.05, 0) is 48.6 Å². The number of nitrogens with zero attached hydrogens (tertiary/aromatic N) is 1. The van der Waals surface area contributed by atoms with Gasteiger partial charge in [-0.2, -0.15) is 0 Å². The molecule has 0 radical (unpaired) electrons. The summed E-state index contributed by atoms with van der Waals surface area (Å²) in [5, 5.41) is 3.67. The molecule has 1 aliphatic rings. The van der Waals surface area contributed by atoms with E-state index < -0.39 is 0 Å². The van der Waals surface area contributed by atoms with Crippen LogP contribution in [0.2, 0.25) is 0 Å². The van der Waals surface area contributed by atoms with Gasteiger partial charge in [-0.15, -0.1) is 0 Å². The van der Waals surface area contributed by atoms with Crippen LogP contribution in [0.25, 0.3) is 0 Å². The summed E-state index contributed by atoms with van der Waals surface area (Å²) in [4.78, 5) is 4.48. The topological polar surface area (TPSA) is 24.9 Å². The second-order valence-electron chi connectivity index (χ2n) is 5.63. The molecular formula is C18H22N2. The van der Waals surface area contributed by atoms with Crippen LogP contribution in [0.5, 0.6) is 0 Å². The molecule has 2 aromatic rings. The molecule has 0 bridgehead atoms. The first-order valence-corrected chi connectivity index (χ1v) is 7.57. The first-order valence-electron chi connectivity index (χ1n) is 7.57. The number of aromatic nitrogens is 1. The third kappa shape index (κ3) is 2.91. The van der Waals surface area contributed by atoms with Gasteiger partial charge in [-0.3, -0.25) is 4.98 Å². The minimum Gasteiger partial charge on any atom is -0.314 e. The van der Waals surface area contributed by atoms with E-state index in [9.17, 15) is 0 Å². The zero-order chi connectivity index (χ0) is 13.8. The first-order chi connectivity index (χ1) is 9.86. The lowest BCUT2D eigenvalue weighted by molar-refractivity contribution is 0.365. The van der Waals surface area contributed by atoms with E-state index in [0.717, 1.165) is 13.0 Å². The van der Waals surface area contributed by atoms with Crippen molar-refractivity contribution in [1.29, 1.82) is 0 Å². The fraction of sp³-hybridized carbons (Fsp3) is 0.389. The summed E-state index contributed by atoms with van der Waals surface area (Å²) >= 11 is 0. The highest BCUT2D eigenvalue weighted by atomic mass is 14.9. The molecule has 0 fully saturated rings. The fourth-order valence-electron chi connectivity index (χ4n) is 3.29. The SMILES string of the molecule is CCNC(Cc1ccccn1)C1Cc2ccccc2C1. The highest BCUT2D eigenvalue weighted by Gasteiger charge is 2.28. The number of hydrogen-bond donors (Lipinski definition) is 1. The van der Waals surface area contributed by atoms with E-state index in [4.69, 9.17) is 0 Å². The van der Waals surface area contributed by atoms with E-state index in [0.29, 0.717) is 12.0 Å². The monoisotopic (exact) mass is 266 g/mol. The van der Waals surface area contributed by atoms with Gasteiger partial charge in [0.15, 0.2) is 0 Å². The van der Waals surface area contributed by atoms with Gasteiger partial charge in [-0.1, -0.05) is 37.3 Å². The van der Waals surface area contributed by atoms with E-state index >= 15 is 0 Å². The van der Waals surface area contributed by atoms with Gasteiger partial charge < -0.3 is 5.32 Å². The van der Waals surface area contributed by atoms with E-state index in [1.807, 2.05) is 12.3 Å². The van der Waals surface area contributed by atoms with Gasteiger partial charge in [0.1, 0.15) is 0 Å². The normalized spacial score (nSPS) is 16.1. The summed E-state index contributed by atoms with van der Waals surface area (Å²) < 4.78 is 0. The van der Waals surface area contributed by atoms with Crippen LogP contribution in [-0.4, -0.2) is 17.6 Å². The standard InChI is InChI=1S/C18H22N2/c1-2-19-18(13-17-9-5-6-10-20-17)16-11-14-7-3-4-8-15(14)12-16/h3-10,16,18-19H,2,11-13H2,1H3. The van der Waals surface area contributed by atoms with Crippen LogP contribution in [0.3, 0.4) is 0 Å². The number of fused-ring (bicyclic) bond motifs is 1. The summed E-state index contributed by atoms with van der Waals surface area (Å²) in [7, 11) is 0. The Hall–Kier alpha value is -1.67. The molecule has 0 saturated carbocycles. The molecule has 1 aliphatic carbocycles. The largest absolute Gasteiger partial charge is 0.314 e. The molecule has 0 saturated heterocycles. The number of pyridine rings is 1. The molecule has 0 spiro atoms. The molecule has 0 aliphatic heterocycles. The Balaban J connectivity index is 1.72. The predicted octanol–water partition coefficient (Wildman–Crippen LogP) is 3.02. The Bertz CT molecular complexity index is 525. The van der Waals surface area contributed by atoms with Crippen molar-refractivity contribution >= 4 is 0 Å². The van der Waals surface area contributed by atoms with Crippen molar-refractivity contribution in [3.63, 3.8) is 0 Å². The van der Waals surface area contributed by atoms with Crippen LogP contribution in [0.4, 0.5) is 0 Å². The molecule has 1 unspecified atom stereocenters. The molecule has 1 atom stereocenters. The Kier molecular flexibility index (Phi) is 4.12. The van der Waals surface area contributed by atoms with Crippen molar-refractivity contribution in [1.82, 2.24) is 10.3 Å². The molecule has 2 nitrogen and oxygen atoms in total. The fourth-order valence-corrected chi connectivity index (χ4v) is 3.29. The quantitative estimate of drug-likeness (QED) is 0.900. The summed E-state index contributed by atoms with van der Waals surface area (Å²) in [5.41, 5.74) is 4.25. The second kappa shape index (κ2) is 6.19. The van der Waals surface area contributed by atoms with Crippen LogP contribution in [0.15, 0.2) is 48.7 Å². The lowest BCUT2D eigenvalue weighted by Gasteiger charge is -2.24. The van der Waals surface area contributed by atoms with Crippen LogP contribution in [0, 0.1) is 5.92 Å². The number of likely N-dealkylation sites (N-methyl/N-ethyl adjacent to an activating group) is 1.